The van der Waals surface area contributed by atoms with Crippen molar-refractivity contribution in [3.8, 4) is 0 Å². The van der Waals surface area contributed by atoms with Gasteiger partial charge < -0.3 is 0 Å². The van der Waals surface area contributed by atoms with Gasteiger partial charge in [-0.1, -0.05) is 35.9 Å². The second-order valence-electron chi connectivity index (χ2n) is 2.95. The van der Waals surface area contributed by atoms with Gasteiger partial charge in [-0.3, -0.25) is 0 Å². The minimum Gasteiger partial charge on any atom is -0.0766 e. The Kier molecular flexibility index (Phi) is 5.28. The van der Waals surface area contributed by atoms with Gasteiger partial charge >= 0.3 is 0 Å². The highest BCUT2D eigenvalue weighted by atomic mass is 127. The topological polar surface area (TPSA) is 0 Å². The minimum absolute atomic E-state index is 0.853. The summed E-state index contributed by atoms with van der Waals surface area (Å²) in [7, 11) is 2.24. The molecule has 0 aliphatic carbocycles. The molecule has 14 heavy (non-hydrogen) atoms. The van der Waals surface area contributed by atoms with Crippen molar-refractivity contribution >= 4 is 39.8 Å². The smallest absolute Gasteiger partial charge is 0.0766 e. The van der Waals surface area contributed by atoms with Gasteiger partial charge in [-0.25, -0.2) is 0 Å². The van der Waals surface area contributed by atoms with Gasteiger partial charge in [0.2, 0.25) is 0 Å². The first-order valence-corrected chi connectivity index (χ1v) is 6.95. The number of hydrogen-bond acceptors (Lipinski definition) is 0. The van der Waals surface area contributed by atoms with Crippen LogP contribution in [0.2, 0.25) is 0 Å². The van der Waals surface area contributed by atoms with Gasteiger partial charge in [-0.2, -0.15) is 0 Å². The molecule has 1 rings (SSSR count). The van der Waals surface area contributed by atoms with Gasteiger partial charge in [0.15, 0.2) is 12.3 Å². The minimum atomic E-state index is 0.853. The van der Waals surface area contributed by atoms with Crippen molar-refractivity contribution in [1.82, 2.24) is 0 Å². The molecule has 0 aliphatic heterocycles. The van der Waals surface area contributed by atoms with E-state index in [-0.39, 0.29) is 0 Å². The van der Waals surface area contributed by atoms with Crippen LogP contribution in [0.1, 0.15) is 11.1 Å². The molecule has 0 saturated heterocycles. The summed E-state index contributed by atoms with van der Waals surface area (Å²) in [4.78, 5) is 0. The second-order valence-corrected chi connectivity index (χ2v) is 5.85. The molecule has 0 heterocycles. The molecule has 0 unspecified atom stereocenters. The number of halogens is 3. The van der Waals surface area contributed by atoms with Crippen LogP contribution in [0, 0.1) is 17.7 Å². The van der Waals surface area contributed by atoms with Crippen LogP contribution in [0.15, 0.2) is 27.3 Å². The summed E-state index contributed by atoms with van der Waals surface area (Å²) in [5.41, 5.74) is 3.74. The number of alkyl halides is 2. The van der Waals surface area contributed by atoms with Gasteiger partial charge in [0, 0.05) is 5.57 Å². The van der Waals surface area contributed by atoms with E-state index in [1.807, 2.05) is 18.5 Å². The highest BCUT2D eigenvalue weighted by Gasteiger charge is 2.12. The Morgan fingerprint density at radius 3 is 2.57 bits per heavy atom. The fourth-order valence-electron chi connectivity index (χ4n) is 1.27. The maximum atomic E-state index is 6.07. The van der Waals surface area contributed by atoms with E-state index in [9.17, 15) is 0 Å². The van der Waals surface area contributed by atoms with E-state index in [2.05, 4.69) is 52.4 Å². The van der Waals surface area contributed by atoms with Crippen LogP contribution in [0.3, 0.4) is 0 Å². The fourth-order valence-corrected chi connectivity index (χ4v) is 2.76. The fraction of sp³-hybridized carbons (Fsp3) is 0.273. The van der Waals surface area contributed by atoms with Crippen LogP contribution >= 0.6 is 34.2 Å². The van der Waals surface area contributed by atoms with Crippen molar-refractivity contribution < 1.29 is 10.8 Å². The quantitative estimate of drug-likeness (QED) is 0.574. The zero-order valence-corrected chi connectivity index (χ0v) is 11.8. The molecule has 0 radical (unpaired) electrons. The number of hydrogen-bond donors (Lipinski definition) is 0. The predicted octanol–water partition coefficient (Wildman–Crippen LogP) is 4.05. The van der Waals surface area contributed by atoms with Crippen molar-refractivity contribution in [2.24, 2.45) is 0 Å². The molecule has 3 heteroatoms. The van der Waals surface area contributed by atoms with Gasteiger partial charge in [0.05, 0.1) is 3.04 Å². The Hall–Kier alpha value is 0.270. The van der Waals surface area contributed by atoms with Crippen molar-refractivity contribution in [1.29, 1.82) is 0 Å². The van der Waals surface area contributed by atoms with Gasteiger partial charge in [0.1, 0.15) is 10.8 Å². The predicted molar refractivity (Wildman–Crippen MR) is 68.8 cm³/mol. The monoisotopic (exact) mass is 341 g/mol. The largest absolute Gasteiger partial charge is 0.199 e. The van der Waals surface area contributed by atoms with E-state index >= 15 is 0 Å². The molecule has 0 atom stereocenters. The van der Waals surface area contributed by atoms with E-state index in [0.29, 0.717) is 0 Å². The number of rotatable bonds is 3. The summed E-state index contributed by atoms with van der Waals surface area (Å²) >= 11 is 8.24. The SMILES string of the molecule is C[Cl+]C/C(=C(\Cl)I)c1ccccc1C. The third-order valence-electron chi connectivity index (χ3n) is 1.97. The van der Waals surface area contributed by atoms with E-state index in [1.54, 1.807) is 0 Å². The molecular formula is C11H12Cl2I+. The Labute approximate surface area is 108 Å². The highest BCUT2D eigenvalue weighted by molar-refractivity contribution is 14.1. The zero-order valence-electron chi connectivity index (χ0n) is 8.15. The van der Waals surface area contributed by atoms with E-state index in [1.165, 1.54) is 16.7 Å². The maximum Gasteiger partial charge on any atom is 0.199 e. The third kappa shape index (κ3) is 3.14. The standard InChI is InChI=1S/C11H12Cl2I/c1-8-5-3-4-6-9(8)10(7-13-2)11(12)14/h3-6H,7H2,1-2H3/q+1/b11-10-. The Morgan fingerprint density at radius 1 is 1.43 bits per heavy atom. The van der Waals surface area contributed by atoms with Crippen molar-refractivity contribution in [2.75, 3.05) is 12.3 Å². The average molecular weight is 342 g/mol. The second kappa shape index (κ2) is 5.99. The molecule has 0 spiro atoms. The Morgan fingerprint density at radius 2 is 2.07 bits per heavy atom. The first-order chi connectivity index (χ1) is 6.66. The molecule has 0 aromatic heterocycles. The van der Waals surface area contributed by atoms with Crippen molar-refractivity contribution in [3.63, 3.8) is 0 Å². The summed E-state index contributed by atoms with van der Waals surface area (Å²) in [5.74, 6) is 0.909. The lowest BCUT2D eigenvalue weighted by atomic mass is 10.0. The summed E-state index contributed by atoms with van der Waals surface area (Å²) < 4.78 is 0.853. The molecule has 0 fully saturated rings. The Bertz CT molecular complexity index is 341. The van der Waals surface area contributed by atoms with Crippen LogP contribution in [0.25, 0.3) is 5.57 Å². The van der Waals surface area contributed by atoms with Crippen LogP contribution in [0.4, 0.5) is 0 Å². The molecule has 0 N–H and O–H groups in total. The van der Waals surface area contributed by atoms with Crippen LogP contribution in [0.5, 0.6) is 0 Å². The first-order valence-electron chi connectivity index (χ1n) is 4.20. The highest BCUT2D eigenvalue weighted by Crippen LogP contribution is 2.28. The summed E-state index contributed by atoms with van der Waals surface area (Å²) in [6, 6.07) is 8.33. The van der Waals surface area contributed by atoms with Crippen molar-refractivity contribution in [3.05, 3.63) is 38.4 Å². The number of benzene rings is 1. The lowest BCUT2D eigenvalue weighted by Crippen LogP contribution is -1.96. The first kappa shape index (κ1) is 12.3. The number of allylic oxidation sites excluding steroid dienone is 1. The third-order valence-corrected chi connectivity index (χ3v) is 3.38. The lowest BCUT2D eigenvalue weighted by Gasteiger charge is -2.05. The van der Waals surface area contributed by atoms with Gasteiger partial charge in [0.25, 0.3) is 0 Å². The van der Waals surface area contributed by atoms with Gasteiger partial charge in [-0.05, 0) is 40.6 Å². The summed E-state index contributed by atoms with van der Waals surface area (Å²) in [6.07, 6.45) is 2.04. The normalized spacial score (nSPS) is 12.6. The molecule has 76 valence electrons. The van der Waals surface area contributed by atoms with Crippen molar-refractivity contribution in [2.45, 2.75) is 6.92 Å². The Balaban J connectivity index is 3.13. The molecular weight excluding hydrogens is 330 g/mol. The molecule has 0 aliphatic rings. The molecule has 1 aromatic rings. The van der Waals surface area contributed by atoms with E-state index in [0.717, 1.165) is 8.92 Å². The average Bonchev–Trinajstić information content (AvgIpc) is 2.15. The molecule has 0 amide bonds. The van der Waals surface area contributed by atoms with E-state index < -0.39 is 0 Å². The molecule has 0 bridgehead atoms. The van der Waals surface area contributed by atoms with E-state index in [4.69, 9.17) is 11.6 Å². The summed E-state index contributed by atoms with van der Waals surface area (Å²) in [5, 5.41) is 0. The number of aryl methyl sites for hydroxylation is 1. The molecule has 1 aromatic carbocycles. The maximum absolute atomic E-state index is 6.07. The zero-order chi connectivity index (χ0) is 10.6. The van der Waals surface area contributed by atoms with Crippen LogP contribution in [-0.4, -0.2) is 12.3 Å². The van der Waals surface area contributed by atoms with Gasteiger partial charge in [-0.15, -0.1) is 0 Å². The molecule has 0 saturated carbocycles. The van der Waals surface area contributed by atoms with Crippen LogP contribution < -0.4 is 0 Å². The molecule has 0 nitrogen and oxygen atoms in total. The lowest BCUT2D eigenvalue weighted by molar-refractivity contribution is -0.614. The van der Waals surface area contributed by atoms with Crippen LogP contribution in [-0.2, 0) is 0 Å². The summed E-state index contributed by atoms with van der Waals surface area (Å²) in [6.45, 7) is 2.11.